The van der Waals surface area contributed by atoms with Gasteiger partial charge in [-0.2, -0.15) is 0 Å². The third-order valence-electron chi connectivity index (χ3n) is 4.23. The Bertz CT molecular complexity index is 791. The Hall–Kier alpha value is -2.79. The minimum Gasteiger partial charge on any atom is -0.338 e. The molecule has 0 bridgehead atoms. The van der Waals surface area contributed by atoms with Crippen LogP contribution in [0.4, 0.5) is 5.95 Å². The highest BCUT2D eigenvalue weighted by molar-refractivity contribution is 5.55. The van der Waals surface area contributed by atoms with Gasteiger partial charge in [-0.05, 0) is 23.8 Å². The molecule has 0 aliphatic carbocycles. The first-order valence-corrected chi connectivity index (χ1v) is 8.18. The molecule has 1 saturated heterocycles. The van der Waals surface area contributed by atoms with Gasteiger partial charge in [-0.25, -0.2) is 9.97 Å². The van der Waals surface area contributed by atoms with Gasteiger partial charge in [0, 0.05) is 38.1 Å². The minimum absolute atomic E-state index is 0.294. The van der Waals surface area contributed by atoms with Gasteiger partial charge in [0.1, 0.15) is 0 Å². The molecule has 1 aliphatic rings. The van der Waals surface area contributed by atoms with E-state index in [1.807, 2.05) is 36.5 Å². The smallest absolute Gasteiger partial charge is 0.226 e. The zero-order valence-corrected chi connectivity index (χ0v) is 13.3. The van der Waals surface area contributed by atoms with Crippen LogP contribution in [0.2, 0.25) is 0 Å². The zero-order chi connectivity index (χ0) is 16.2. The topological polar surface area (TPSA) is 53.9 Å². The van der Waals surface area contributed by atoms with Crippen molar-refractivity contribution in [2.24, 2.45) is 0 Å². The molecule has 2 aromatic heterocycles. The van der Waals surface area contributed by atoms with Crippen LogP contribution in [0, 0.1) is 0 Å². The second kappa shape index (κ2) is 6.76. The van der Waals surface area contributed by atoms with E-state index in [1.54, 1.807) is 6.20 Å². The Labute approximate surface area is 141 Å². The van der Waals surface area contributed by atoms with Gasteiger partial charge in [0.25, 0.3) is 0 Å². The summed E-state index contributed by atoms with van der Waals surface area (Å²) in [6, 6.07) is 18.6. The molecule has 1 aromatic carbocycles. The molecule has 24 heavy (non-hydrogen) atoms. The summed E-state index contributed by atoms with van der Waals surface area (Å²) in [5.41, 5.74) is 3.02. The first-order valence-electron chi connectivity index (χ1n) is 8.18. The highest BCUT2D eigenvalue weighted by Crippen LogP contribution is 2.21. The van der Waals surface area contributed by atoms with E-state index in [2.05, 4.69) is 44.5 Å². The number of aromatic nitrogens is 3. The van der Waals surface area contributed by atoms with Gasteiger partial charge >= 0.3 is 0 Å². The minimum atomic E-state index is 0.294. The normalized spacial score (nSPS) is 17.7. The Morgan fingerprint density at radius 1 is 0.875 bits per heavy atom. The molecule has 0 unspecified atom stereocenters. The first-order chi connectivity index (χ1) is 11.9. The summed E-state index contributed by atoms with van der Waals surface area (Å²) in [5, 5.41) is 3.57. The van der Waals surface area contributed by atoms with Crippen LogP contribution in [0.15, 0.2) is 67.0 Å². The first kappa shape index (κ1) is 14.8. The number of nitrogens with one attached hydrogen (secondary N) is 1. The van der Waals surface area contributed by atoms with Crippen molar-refractivity contribution < 1.29 is 0 Å². The van der Waals surface area contributed by atoms with E-state index in [0.29, 0.717) is 6.04 Å². The van der Waals surface area contributed by atoms with Crippen molar-refractivity contribution in [1.29, 1.82) is 0 Å². The predicted molar refractivity (Wildman–Crippen MR) is 94.7 cm³/mol. The van der Waals surface area contributed by atoms with Gasteiger partial charge < -0.3 is 10.2 Å². The quantitative estimate of drug-likeness (QED) is 0.805. The molecule has 3 aromatic rings. The van der Waals surface area contributed by atoms with Gasteiger partial charge in [0.15, 0.2) is 0 Å². The molecule has 1 aliphatic heterocycles. The van der Waals surface area contributed by atoms with Gasteiger partial charge in [0.05, 0.1) is 11.4 Å². The highest BCUT2D eigenvalue weighted by Gasteiger charge is 2.22. The van der Waals surface area contributed by atoms with Gasteiger partial charge in [-0.15, -0.1) is 0 Å². The van der Waals surface area contributed by atoms with Crippen LogP contribution in [0.3, 0.4) is 0 Å². The number of benzene rings is 1. The van der Waals surface area contributed by atoms with Crippen molar-refractivity contribution in [3.8, 4) is 11.4 Å². The molecule has 1 fully saturated rings. The number of hydrogen-bond acceptors (Lipinski definition) is 5. The van der Waals surface area contributed by atoms with Crippen LogP contribution in [0.1, 0.15) is 11.6 Å². The van der Waals surface area contributed by atoms with Crippen molar-refractivity contribution in [2.45, 2.75) is 6.04 Å². The molecule has 0 radical (unpaired) electrons. The Balaban J connectivity index is 1.57. The lowest BCUT2D eigenvalue weighted by atomic mass is 10.0. The molecule has 5 heteroatoms. The lowest BCUT2D eigenvalue weighted by Gasteiger charge is -2.34. The lowest BCUT2D eigenvalue weighted by molar-refractivity contribution is 0.467. The van der Waals surface area contributed by atoms with E-state index in [4.69, 9.17) is 4.98 Å². The van der Waals surface area contributed by atoms with Crippen molar-refractivity contribution >= 4 is 5.95 Å². The maximum Gasteiger partial charge on any atom is 0.226 e. The number of nitrogens with zero attached hydrogens (tertiary/aromatic N) is 4. The molecule has 0 saturated carbocycles. The van der Waals surface area contributed by atoms with Gasteiger partial charge in [-0.1, -0.05) is 36.4 Å². The van der Waals surface area contributed by atoms with Crippen molar-refractivity contribution in [1.82, 2.24) is 20.3 Å². The lowest BCUT2D eigenvalue weighted by Crippen LogP contribution is -2.46. The average molecular weight is 317 g/mol. The summed E-state index contributed by atoms with van der Waals surface area (Å²) in [5.74, 6) is 0.764. The molecule has 5 nitrogen and oxygen atoms in total. The van der Waals surface area contributed by atoms with E-state index in [-0.39, 0.29) is 0 Å². The summed E-state index contributed by atoms with van der Waals surface area (Å²) in [4.78, 5) is 15.8. The third kappa shape index (κ3) is 3.12. The Morgan fingerprint density at radius 3 is 2.58 bits per heavy atom. The van der Waals surface area contributed by atoms with Crippen molar-refractivity contribution in [2.75, 3.05) is 24.5 Å². The van der Waals surface area contributed by atoms with Crippen LogP contribution in [0.25, 0.3) is 11.4 Å². The molecule has 1 atom stereocenters. The van der Waals surface area contributed by atoms with Gasteiger partial charge in [0.2, 0.25) is 5.95 Å². The maximum atomic E-state index is 4.72. The van der Waals surface area contributed by atoms with E-state index in [9.17, 15) is 0 Å². The predicted octanol–water partition coefficient (Wildman–Crippen LogP) is 2.69. The SMILES string of the molecule is c1ccc([C@H]2CN(c3nccc(-c4ccccn4)n3)CCN2)cc1. The van der Waals surface area contributed by atoms with Crippen LogP contribution >= 0.6 is 0 Å². The second-order valence-corrected chi connectivity index (χ2v) is 5.82. The van der Waals surface area contributed by atoms with Crippen molar-refractivity contribution in [3.05, 3.63) is 72.6 Å². The fraction of sp³-hybridized carbons (Fsp3) is 0.211. The van der Waals surface area contributed by atoms with Crippen LogP contribution in [-0.2, 0) is 0 Å². The summed E-state index contributed by atoms with van der Waals surface area (Å²) in [7, 11) is 0. The number of hydrogen-bond donors (Lipinski definition) is 1. The number of piperazine rings is 1. The molecule has 1 N–H and O–H groups in total. The second-order valence-electron chi connectivity index (χ2n) is 5.82. The van der Waals surface area contributed by atoms with Crippen LogP contribution < -0.4 is 10.2 Å². The monoisotopic (exact) mass is 317 g/mol. The number of pyridine rings is 1. The highest BCUT2D eigenvalue weighted by atomic mass is 15.3. The molecule has 0 amide bonds. The summed E-state index contributed by atoms with van der Waals surface area (Å²) < 4.78 is 0. The number of anilines is 1. The molecular formula is C19H19N5. The fourth-order valence-corrected chi connectivity index (χ4v) is 3.00. The Morgan fingerprint density at radius 2 is 1.75 bits per heavy atom. The summed E-state index contributed by atoms with van der Waals surface area (Å²) >= 11 is 0. The molecule has 4 rings (SSSR count). The fourth-order valence-electron chi connectivity index (χ4n) is 3.00. The van der Waals surface area contributed by atoms with E-state index in [1.165, 1.54) is 5.56 Å². The van der Waals surface area contributed by atoms with Gasteiger partial charge in [-0.3, -0.25) is 4.98 Å². The largest absolute Gasteiger partial charge is 0.338 e. The van der Waals surface area contributed by atoms with Crippen LogP contribution in [-0.4, -0.2) is 34.6 Å². The maximum absolute atomic E-state index is 4.72. The van der Waals surface area contributed by atoms with Crippen LogP contribution in [0.5, 0.6) is 0 Å². The molecule has 3 heterocycles. The van der Waals surface area contributed by atoms with E-state index >= 15 is 0 Å². The zero-order valence-electron chi connectivity index (χ0n) is 13.3. The summed E-state index contributed by atoms with van der Waals surface area (Å²) in [6.07, 6.45) is 3.60. The summed E-state index contributed by atoms with van der Waals surface area (Å²) in [6.45, 7) is 2.67. The van der Waals surface area contributed by atoms with E-state index < -0.39 is 0 Å². The Kier molecular flexibility index (Phi) is 4.16. The molecule has 120 valence electrons. The molecule has 0 spiro atoms. The van der Waals surface area contributed by atoms with E-state index in [0.717, 1.165) is 37.0 Å². The third-order valence-corrected chi connectivity index (χ3v) is 4.23. The average Bonchev–Trinajstić information content (AvgIpc) is 2.70. The van der Waals surface area contributed by atoms with Crippen molar-refractivity contribution in [3.63, 3.8) is 0 Å². The standard InChI is InChI=1S/C19H19N5/c1-2-6-15(7-3-1)18-14-24(13-12-21-18)19-22-11-9-17(23-19)16-8-4-5-10-20-16/h1-11,18,21H,12-14H2/t18-/m1/s1. The number of rotatable bonds is 3. The molecular weight excluding hydrogens is 298 g/mol.